The smallest absolute Gasteiger partial charge is 0.160 e. The molecule has 0 aliphatic carbocycles. The average molecular weight is 740 g/mol. The minimum Gasteiger partial charge on any atom is -0.228 e. The standard InChI is InChI=1S/C53H33N5/c54-34-35-14-11-20-40(30-35)44-29-28-39(38-19-12-22-42(31-38)52-55-48-26-9-7-24-45(48)50(57-52)36-15-3-1-4-16-36)33-47(44)41-21-13-23-43(32-41)53-56-49-27-10-8-25-46(49)51(58-53)37-17-5-2-6-18-37/h1-33H. The number of para-hydroxylation sites is 2. The van der Waals surface area contributed by atoms with Crippen LogP contribution in [0.15, 0.2) is 200 Å². The number of aromatic nitrogens is 4. The van der Waals surface area contributed by atoms with Gasteiger partial charge in [-0.25, -0.2) is 19.9 Å². The van der Waals surface area contributed by atoms with Crippen molar-refractivity contribution in [3.05, 3.63) is 206 Å². The summed E-state index contributed by atoms with van der Waals surface area (Å²) in [6, 6.07) is 70.4. The first-order chi connectivity index (χ1) is 28.7. The van der Waals surface area contributed by atoms with Crippen LogP contribution in [0.25, 0.3) is 100 Å². The Bertz CT molecular complexity index is 3190. The number of nitriles is 1. The second kappa shape index (κ2) is 14.9. The van der Waals surface area contributed by atoms with Gasteiger partial charge in [0.15, 0.2) is 11.6 Å². The zero-order valence-electron chi connectivity index (χ0n) is 31.3. The van der Waals surface area contributed by atoms with Gasteiger partial charge in [-0.15, -0.1) is 0 Å². The molecule has 0 bridgehead atoms. The van der Waals surface area contributed by atoms with E-state index < -0.39 is 0 Å². The molecule has 2 heterocycles. The highest BCUT2D eigenvalue weighted by Crippen LogP contribution is 2.39. The zero-order chi connectivity index (χ0) is 38.8. The van der Waals surface area contributed by atoms with Gasteiger partial charge in [-0.1, -0.05) is 158 Å². The molecule has 0 fully saturated rings. The molecule has 8 aromatic carbocycles. The summed E-state index contributed by atoms with van der Waals surface area (Å²) < 4.78 is 0. The first kappa shape index (κ1) is 34.4. The van der Waals surface area contributed by atoms with Crippen LogP contribution in [-0.2, 0) is 0 Å². The third-order valence-electron chi connectivity index (χ3n) is 10.5. The van der Waals surface area contributed by atoms with Crippen molar-refractivity contribution in [1.29, 1.82) is 5.26 Å². The zero-order valence-corrected chi connectivity index (χ0v) is 31.3. The molecule has 0 unspecified atom stereocenters. The molecule has 5 nitrogen and oxygen atoms in total. The van der Waals surface area contributed by atoms with Crippen LogP contribution in [0.3, 0.4) is 0 Å². The maximum absolute atomic E-state index is 9.82. The number of benzene rings is 8. The summed E-state index contributed by atoms with van der Waals surface area (Å²) in [4.78, 5) is 20.4. The molecule has 58 heavy (non-hydrogen) atoms. The third kappa shape index (κ3) is 6.55. The van der Waals surface area contributed by atoms with Crippen molar-refractivity contribution in [2.24, 2.45) is 0 Å². The lowest BCUT2D eigenvalue weighted by molar-refractivity contribution is 1.23. The summed E-state index contributed by atoms with van der Waals surface area (Å²) in [5.74, 6) is 1.32. The van der Waals surface area contributed by atoms with Crippen LogP contribution in [0.2, 0.25) is 0 Å². The molecule has 0 radical (unpaired) electrons. The van der Waals surface area contributed by atoms with Crippen molar-refractivity contribution >= 4 is 21.8 Å². The molecule has 10 rings (SSSR count). The van der Waals surface area contributed by atoms with E-state index >= 15 is 0 Å². The van der Waals surface area contributed by atoms with Gasteiger partial charge in [0.1, 0.15) is 0 Å². The number of fused-ring (bicyclic) bond motifs is 2. The van der Waals surface area contributed by atoms with Gasteiger partial charge < -0.3 is 0 Å². The summed E-state index contributed by atoms with van der Waals surface area (Å²) in [7, 11) is 0. The fourth-order valence-electron chi connectivity index (χ4n) is 7.68. The van der Waals surface area contributed by atoms with Crippen LogP contribution in [0.1, 0.15) is 5.56 Å². The van der Waals surface area contributed by atoms with Crippen LogP contribution in [0.4, 0.5) is 0 Å². The molecular formula is C53H33N5. The van der Waals surface area contributed by atoms with Gasteiger partial charge in [0.2, 0.25) is 0 Å². The Morgan fingerprint density at radius 1 is 0.310 bits per heavy atom. The SMILES string of the molecule is N#Cc1cccc(-c2ccc(-c3cccc(-c4nc(-c5ccccc5)c5ccccc5n4)c3)cc2-c2cccc(-c3nc(-c4ccccc4)c4ccccc4n3)c2)c1. The van der Waals surface area contributed by atoms with Crippen molar-refractivity contribution in [2.75, 3.05) is 0 Å². The Balaban J connectivity index is 1.11. The van der Waals surface area contributed by atoms with Crippen molar-refractivity contribution in [1.82, 2.24) is 19.9 Å². The molecule has 0 spiro atoms. The van der Waals surface area contributed by atoms with Gasteiger partial charge in [-0.2, -0.15) is 5.26 Å². The molecule has 0 aliphatic rings. The van der Waals surface area contributed by atoms with Crippen molar-refractivity contribution in [3.8, 4) is 84.7 Å². The van der Waals surface area contributed by atoms with Crippen molar-refractivity contribution in [2.45, 2.75) is 0 Å². The third-order valence-corrected chi connectivity index (χ3v) is 10.5. The van der Waals surface area contributed by atoms with Crippen LogP contribution in [0.5, 0.6) is 0 Å². The van der Waals surface area contributed by atoms with Crippen molar-refractivity contribution in [3.63, 3.8) is 0 Å². The highest BCUT2D eigenvalue weighted by Gasteiger charge is 2.16. The number of hydrogen-bond donors (Lipinski definition) is 0. The highest BCUT2D eigenvalue weighted by molar-refractivity contribution is 5.95. The van der Waals surface area contributed by atoms with E-state index in [4.69, 9.17) is 19.9 Å². The number of nitrogens with zero attached hydrogens (tertiary/aromatic N) is 5. The first-order valence-electron chi connectivity index (χ1n) is 19.2. The van der Waals surface area contributed by atoms with Crippen LogP contribution >= 0.6 is 0 Å². The average Bonchev–Trinajstić information content (AvgIpc) is 3.31. The van der Waals surface area contributed by atoms with Gasteiger partial charge in [0.05, 0.1) is 34.1 Å². The second-order valence-corrected chi connectivity index (χ2v) is 14.2. The topological polar surface area (TPSA) is 75.3 Å². The molecular weight excluding hydrogens is 707 g/mol. The predicted octanol–water partition coefficient (Wildman–Crippen LogP) is 13.1. The van der Waals surface area contributed by atoms with E-state index in [9.17, 15) is 5.26 Å². The minimum atomic E-state index is 0.609. The fourth-order valence-corrected chi connectivity index (χ4v) is 7.68. The summed E-state index contributed by atoms with van der Waals surface area (Å²) >= 11 is 0. The Morgan fingerprint density at radius 3 is 1.34 bits per heavy atom. The van der Waals surface area contributed by atoms with Crippen LogP contribution < -0.4 is 0 Å². The predicted molar refractivity (Wildman–Crippen MR) is 235 cm³/mol. The Labute approximate surface area is 336 Å². The van der Waals surface area contributed by atoms with Gasteiger partial charge in [-0.05, 0) is 75.8 Å². The Kier molecular flexibility index (Phi) is 8.83. The molecule has 0 atom stereocenters. The largest absolute Gasteiger partial charge is 0.228 e. The normalized spacial score (nSPS) is 11.1. The molecule has 0 amide bonds. The van der Waals surface area contributed by atoms with E-state index in [1.54, 1.807) is 0 Å². The van der Waals surface area contributed by atoms with Gasteiger partial charge >= 0.3 is 0 Å². The number of hydrogen-bond acceptors (Lipinski definition) is 5. The fraction of sp³-hybridized carbons (Fsp3) is 0. The minimum absolute atomic E-state index is 0.609. The maximum Gasteiger partial charge on any atom is 0.160 e. The molecule has 270 valence electrons. The van der Waals surface area contributed by atoms with Crippen LogP contribution in [0, 0.1) is 11.3 Å². The van der Waals surface area contributed by atoms with E-state index in [1.807, 2.05) is 91.0 Å². The quantitative estimate of drug-likeness (QED) is 0.163. The lowest BCUT2D eigenvalue weighted by Crippen LogP contribution is -1.96. The van der Waals surface area contributed by atoms with Gasteiger partial charge in [0.25, 0.3) is 0 Å². The molecule has 0 saturated heterocycles. The summed E-state index contributed by atoms with van der Waals surface area (Å²) in [6.45, 7) is 0. The van der Waals surface area contributed by atoms with Gasteiger partial charge in [0, 0.05) is 33.0 Å². The Hall–Kier alpha value is -8.07. The van der Waals surface area contributed by atoms with E-state index in [-0.39, 0.29) is 0 Å². The number of rotatable bonds is 7. The Morgan fingerprint density at radius 2 is 0.759 bits per heavy atom. The summed E-state index contributed by atoms with van der Waals surface area (Å²) in [6.07, 6.45) is 0. The van der Waals surface area contributed by atoms with Gasteiger partial charge in [-0.3, -0.25) is 0 Å². The molecule has 0 saturated carbocycles. The van der Waals surface area contributed by atoms with E-state index in [1.165, 1.54) is 0 Å². The maximum atomic E-state index is 9.82. The molecule has 2 aromatic heterocycles. The monoisotopic (exact) mass is 739 g/mol. The first-order valence-corrected chi connectivity index (χ1v) is 19.2. The van der Waals surface area contributed by atoms with E-state index in [0.29, 0.717) is 17.2 Å². The molecule has 0 aliphatic heterocycles. The molecule has 10 aromatic rings. The van der Waals surface area contributed by atoms with E-state index in [0.717, 1.165) is 88.8 Å². The van der Waals surface area contributed by atoms with E-state index in [2.05, 4.69) is 115 Å². The molecule has 0 N–H and O–H groups in total. The van der Waals surface area contributed by atoms with Crippen molar-refractivity contribution < 1.29 is 0 Å². The molecule has 5 heteroatoms. The lowest BCUT2D eigenvalue weighted by Gasteiger charge is -2.15. The summed E-state index contributed by atoms with van der Waals surface area (Å²) in [5.41, 5.74) is 14.2. The summed E-state index contributed by atoms with van der Waals surface area (Å²) in [5, 5.41) is 11.8. The lowest BCUT2D eigenvalue weighted by atomic mass is 9.89. The second-order valence-electron chi connectivity index (χ2n) is 14.2. The van der Waals surface area contributed by atoms with Crippen LogP contribution in [-0.4, -0.2) is 19.9 Å². The highest BCUT2D eigenvalue weighted by atomic mass is 14.9.